The Balaban J connectivity index is 1.55. The van der Waals surface area contributed by atoms with Crippen LogP contribution in [-0.4, -0.2) is 16.2 Å². The molecule has 2 heterocycles. The largest absolute Gasteiger partial charge is 0.355 e. The first-order valence-corrected chi connectivity index (χ1v) is 9.87. The molecule has 6 heteroatoms. The predicted octanol–water partition coefficient (Wildman–Crippen LogP) is 6.02. The van der Waals surface area contributed by atoms with Crippen LogP contribution < -0.4 is 5.32 Å². The van der Waals surface area contributed by atoms with Crippen LogP contribution in [0.2, 0.25) is 0 Å². The molecule has 0 atom stereocenters. The van der Waals surface area contributed by atoms with Crippen molar-refractivity contribution in [1.29, 1.82) is 0 Å². The third-order valence-electron chi connectivity index (χ3n) is 4.49. The molecule has 5 nitrogen and oxygen atoms in total. The molecule has 1 amide bonds. The van der Waals surface area contributed by atoms with E-state index in [1.54, 1.807) is 0 Å². The van der Waals surface area contributed by atoms with Crippen LogP contribution in [0, 0.1) is 0 Å². The minimum Gasteiger partial charge on any atom is -0.355 e. The molecule has 4 aromatic rings. The van der Waals surface area contributed by atoms with Crippen molar-refractivity contribution in [2.45, 2.75) is 0 Å². The molecule has 0 bridgehead atoms. The maximum atomic E-state index is 12.0. The van der Waals surface area contributed by atoms with E-state index in [1.807, 2.05) is 84.9 Å². The van der Waals surface area contributed by atoms with Gasteiger partial charge in [0.2, 0.25) is 0 Å². The zero-order chi connectivity index (χ0) is 19.6. The topological polar surface area (TPSA) is 67.5 Å². The lowest BCUT2D eigenvalue weighted by Gasteiger charge is -2.01. The number of carbonyl (C=O) groups is 1. The van der Waals surface area contributed by atoms with Gasteiger partial charge in [0.15, 0.2) is 5.76 Å². The van der Waals surface area contributed by atoms with Gasteiger partial charge in [-0.05, 0) is 47.7 Å². The molecule has 140 valence electrons. The normalized spacial score (nSPS) is 16.6. The Morgan fingerprint density at radius 1 is 0.966 bits per heavy atom. The molecule has 0 aliphatic carbocycles. The molecule has 29 heavy (non-hydrogen) atoms. The van der Waals surface area contributed by atoms with Gasteiger partial charge in [0.1, 0.15) is 11.4 Å². The van der Waals surface area contributed by atoms with E-state index >= 15 is 0 Å². The van der Waals surface area contributed by atoms with Gasteiger partial charge in [-0.25, -0.2) is 4.99 Å². The SMILES string of the molecule is O=C1NC(=Nc2ccccc2)/C(=C/c2ccc3noc(-c4ccccc4)c3c2)S1. The molecule has 1 saturated heterocycles. The molecule has 1 aliphatic rings. The fraction of sp³-hybridized carbons (Fsp3) is 0. The Morgan fingerprint density at radius 3 is 2.52 bits per heavy atom. The second kappa shape index (κ2) is 7.41. The molecular weight excluding hydrogens is 382 g/mol. The number of nitrogens with one attached hydrogen (secondary N) is 1. The number of amides is 1. The molecule has 1 aliphatic heterocycles. The van der Waals surface area contributed by atoms with Crippen LogP contribution >= 0.6 is 11.8 Å². The summed E-state index contributed by atoms with van der Waals surface area (Å²) in [6.07, 6.45) is 1.95. The van der Waals surface area contributed by atoms with E-state index in [1.165, 1.54) is 0 Å². The van der Waals surface area contributed by atoms with Gasteiger partial charge in [0, 0.05) is 5.56 Å². The van der Waals surface area contributed by atoms with E-state index < -0.39 is 0 Å². The molecule has 0 saturated carbocycles. The highest BCUT2D eigenvalue weighted by Crippen LogP contribution is 2.32. The number of aromatic nitrogens is 1. The molecule has 0 radical (unpaired) electrons. The third-order valence-corrected chi connectivity index (χ3v) is 5.31. The zero-order valence-electron chi connectivity index (χ0n) is 15.2. The molecule has 0 unspecified atom stereocenters. The van der Waals surface area contributed by atoms with Crippen molar-refractivity contribution in [1.82, 2.24) is 10.5 Å². The maximum absolute atomic E-state index is 12.0. The van der Waals surface area contributed by atoms with Gasteiger partial charge in [0.25, 0.3) is 5.24 Å². The minimum absolute atomic E-state index is 0.137. The summed E-state index contributed by atoms with van der Waals surface area (Å²) in [6, 6.07) is 25.3. The highest BCUT2D eigenvalue weighted by molar-refractivity contribution is 8.18. The van der Waals surface area contributed by atoms with Crippen molar-refractivity contribution in [3.8, 4) is 11.3 Å². The summed E-state index contributed by atoms with van der Waals surface area (Å²) in [4.78, 5) is 17.3. The number of hydrogen-bond acceptors (Lipinski definition) is 5. The van der Waals surface area contributed by atoms with Gasteiger partial charge in [-0.15, -0.1) is 0 Å². The Bertz CT molecular complexity index is 1260. The Labute approximate surface area is 171 Å². The van der Waals surface area contributed by atoms with Crippen molar-refractivity contribution >= 4 is 45.5 Å². The number of hydrogen-bond donors (Lipinski definition) is 1. The van der Waals surface area contributed by atoms with E-state index in [2.05, 4.69) is 15.5 Å². The first kappa shape index (κ1) is 17.5. The first-order chi connectivity index (χ1) is 14.3. The predicted molar refractivity (Wildman–Crippen MR) is 117 cm³/mol. The van der Waals surface area contributed by atoms with E-state index in [0.29, 0.717) is 5.84 Å². The quantitative estimate of drug-likeness (QED) is 0.459. The molecule has 1 N–H and O–H groups in total. The fourth-order valence-corrected chi connectivity index (χ4v) is 3.88. The highest BCUT2D eigenvalue weighted by atomic mass is 32.2. The monoisotopic (exact) mass is 397 g/mol. The van der Waals surface area contributed by atoms with Gasteiger partial charge in [-0.1, -0.05) is 59.8 Å². The number of thioether (sulfide) groups is 1. The Morgan fingerprint density at radius 2 is 1.72 bits per heavy atom. The van der Waals surface area contributed by atoms with Crippen molar-refractivity contribution < 1.29 is 9.32 Å². The summed E-state index contributed by atoms with van der Waals surface area (Å²) in [5.41, 5.74) is 3.49. The minimum atomic E-state index is -0.137. The van der Waals surface area contributed by atoms with Crippen molar-refractivity contribution in [3.05, 3.63) is 89.3 Å². The number of aliphatic imine (C=N–C) groups is 1. The molecule has 3 aromatic carbocycles. The number of fused-ring (bicyclic) bond motifs is 1. The van der Waals surface area contributed by atoms with Crippen molar-refractivity contribution in [3.63, 3.8) is 0 Å². The second-order valence-electron chi connectivity index (χ2n) is 6.47. The van der Waals surface area contributed by atoms with Crippen LogP contribution in [0.15, 0.2) is 93.3 Å². The molecule has 1 fully saturated rings. The number of carbonyl (C=O) groups excluding carboxylic acids is 1. The summed E-state index contributed by atoms with van der Waals surface area (Å²) in [7, 11) is 0. The van der Waals surface area contributed by atoms with E-state index in [9.17, 15) is 4.79 Å². The Hall–Kier alpha value is -3.64. The average molecular weight is 397 g/mol. The highest BCUT2D eigenvalue weighted by Gasteiger charge is 2.23. The van der Waals surface area contributed by atoms with Crippen LogP contribution in [0.25, 0.3) is 28.3 Å². The summed E-state index contributed by atoms with van der Waals surface area (Å²) in [6.45, 7) is 0. The average Bonchev–Trinajstić information content (AvgIpc) is 3.32. The lowest BCUT2D eigenvalue weighted by atomic mass is 10.1. The molecule has 1 aromatic heterocycles. The number of rotatable bonds is 3. The lowest BCUT2D eigenvalue weighted by molar-refractivity contribution is 0.265. The number of benzene rings is 3. The van der Waals surface area contributed by atoms with Gasteiger partial charge >= 0.3 is 0 Å². The van der Waals surface area contributed by atoms with Crippen LogP contribution in [0.5, 0.6) is 0 Å². The smallest absolute Gasteiger partial charge is 0.289 e. The van der Waals surface area contributed by atoms with E-state index in [-0.39, 0.29) is 5.24 Å². The maximum Gasteiger partial charge on any atom is 0.289 e. The van der Waals surface area contributed by atoms with Gasteiger partial charge in [-0.2, -0.15) is 0 Å². The van der Waals surface area contributed by atoms with Crippen LogP contribution in [0.3, 0.4) is 0 Å². The summed E-state index contributed by atoms with van der Waals surface area (Å²) in [5, 5.41) is 7.76. The van der Waals surface area contributed by atoms with E-state index in [4.69, 9.17) is 4.52 Å². The van der Waals surface area contributed by atoms with Gasteiger partial charge in [-0.3, -0.25) is 4.79 Å². The first-order valence-electron chi connectivity index (χ1n) is 9.06. The summed E-state index contributed by atoms with van der Waals surface area (Å²) in [5.74, 6) is 1.28. The Kier molecular flexibility index (Phi) is 4.46. The third kappa shape index (κ3) is 3.58. The number of amidine groups is 1. The summed E-state index contributed by atoms with van der Waals surface area (Å²) < 4.78 is 5.58. The molecule has 5 rings (SSSR count). The lowest BCUT2D eigenvalue weighted by Crippen LogP contribution is -2.18. The van der Waals surface area contributed by atoms with E-state index in [0.717, 1.165) is 50.1 Å². The van der Waals surface area contributed by atoms with Crippen LogP contribution in [-0.2, 0) is 0 Å². The second-order valence-corrected chi connectivity index (χ2v) is 7.49. The molecular formula is C23H15N3O2S. The van der Waals surface area contributed by atoms with Gasteiger partial charge in [0.05, 0.1) is 16.0 Å². The molecule has 0 spiro atoms. The van der Waals surface area contributed by atoms with Crippen LogP contribution in [0.4, 0.5) is 10.5 Å². The zero-order valence-corrected chi connectivity index (χ0v) is 16.0. The van der Waals surface area contributed by atoms with Crippen molar-refractivity contribution in [2.24, 2.45) is 4.99 Å². The van der Waals surface area contributed by atoms with Crippen LogP contribution in [0.1, 0.15) is 5.56 Å². The number of para-hydroxylation sites is 1. The fourth-order valence-electron chi connectivity index (χ4n) is 3.14. The van der Waals surface area contributed by atoms with Crippen molar-refractivity contribution in [2.75, 3.05) is 0 Å². The van der Waals surface area contributed by atoms with Gasteiger partial charge < -0.3 is 9.84 Å². The summed E-state index contributed by atoms with van der Waals surface area (Å²) >= 11 is 1.14. The standard InChI is InChI=1S/C23H15N3O2S/c27-23-25-22(24-17-9-5-2-6-10-17)20(29-23)14-15-11-12-19-18(13-15)21(28-26-19)16-7-3-1-4-8-16/h1-14H,(H,24,25,27)/b20-14-. The number of nitrogens with zero attached hydrogens (tertiary/aromatic N) is 2.